The number of ether oxygens (including phenoxy) is 1. The molecule has 1 aromatic rings. The number of hydrogen-bond acceptors (Lipinski definition) is 6. The Morgan fingerprint density at radius 3 is 2.59 bits per heavy atom. The number of rotatable bonds is 6. The number of hydrogen-bond donors (Lipinski definition) is 4. The molecule has 0 spiro atoms. The monoisotopic (exact) mass is 377 g/mol. The van der Waals surface area contributed by atoms with Crippen LogP contribution >= 0.6 is 0 Å². The molecule has 144 valence electrons. The van der Waals surface area contributed by atoms with Crippen LogP contribution in [0, 0.1) is 0 Å². The van der Waals surface area contributed by atoms with Gasteiger partial charge in [0.15, 0.2) is 0 Å². The summed E-state index contributed by atoms with van der Waals surface area (Å²) in [5, 5.41) is 6.81. The molecule has 1 atom stereocenters. The van der Waals surface area contributed by atoms with Crippen LogP contribution < -0.4 is 21.7 Å². The zero-order chi connectivity index (χ0) is 19.8. The van der Waals surface area contributed by atoms with Crippen molar-refractivity contribution < 1.29 is 28.7 Å². The summed E-state index contributed by atoms with van der Waals surface area (Å²) in [6, 6.07) is 6.74. The third-order valence-electron chi connectivity index (χ3n) is 3.61. The molecular formula is C16H19N5O6. The zero-order valence-electron chi connectivity index (χ0n) is 14.3. The van der Waals surface area contributed by atoms with Gasteiger partial charge in [-0.3, -0.25) is 19.3 Å². The molecule has 2 rings (SSSR count). The van der Waals surface area contributed by atoms with Crippen LogP contribution in [0.25, 0.3) is 0 Å². The highest BCUT2D eigenvalue weighted by atomic mass is 16.5. The van der Waals surface area contributed by atoms with Crippen molar-refractivity contribution in [3.05, 3.63) is 35.9 Å². The fourth-order valence-corrected chi connectivity index (χ4v) is 2.19. The summed E-state index contributed by atoms with van der Waals surface area (Å²) in [6.07, 6.45) is -0.898. The van der Waals surface area contributed by atoms with E-state index in [0.29, 0.717) is 4.90 Å². The molecular weight excluding hydrogens is 358 g/mol. The smallest absolute Gasteiger partial charge is 0.408 e. The maximum absolute atomic E-state index is 12.0. The average Bonchev–Trinajstić information content (AvgIpc) is 2.66. The highest BCUT2D eigenvalue weighted by Gasteiger charge is 2.31. The molecule has 0 radical (unpaired) electrons. The summed E-state index contributed by atoms with van der Waals surface area (Å²) in [5.74, 6) is -2.82. The van der Waals surface area contributed by atoms with Gasteiger partial charge in [-0.1, -0.05) is 30.3 Å². The molecule has 11 heteroatoms. The number of amides is 6. The number of nitrogens with zero attached hydrogens (tertiary/aromatic N) is 1. The van der Waals surface area contributed by atoms with Gasteiger partial charge in [0.1, 0.15) is 12.6 Å². The van der Waals surface area contributed by atoms with Gasteiger partial charge in [0.05, 0.1) is 0 Å². The number of carbonyl (C=O) groups excluding carboxylic acids is 5. The van der Waals surface area contributed by atoms with Crippen molar-refractivity contribution in [2.75, 3.05) is 19.6 Å². The van der Waals surface area contributed by atoms with E-state index in [-0.39, 0.29) is 26.2 Å². The van der Waals surface area contributed by atoms with E-state index in [0.717, 1.165) is 5.56 Å². The molecule has 0 bridgehead atoms. The highest BCUT2D eigenvalue weighted by molar-refractivity contribution is 6.38. The Bertz CT molecular complexity index is 738. The molecule has 1 fully saturated rings. The van der Waals surface area contributed by atoms with Crippen molar-refractivity contribution in [2.45, 2.75) is 12.6 Å². The summed E-state index contributed by atoms with van der Waals surface area (Å²) in [4.78, 5) is 58.8. The van der Waals surface area contributed by atoms with Gasteiger partial charge < -0.3 is 26.4 Å². The molecule has 1 saturated heterocycles. The quantitative estimate of drug-likeness (QED) is 0.438. The first-order chi connectivity index (χ1) is 12.9. The number of nitrogens with two attached hydrogens (primary N) is 1. The molecule has 0 saturated carbocycles. The molecule has 5 N–H and O–H groups in total. The largest absolute Gasteiger partial charge is 0.445 e. The normalized spacial score (nSPS) is 14.7. The van der Waals surface area contributed by atoms with Gasteiger partial charge in [0.25, 0.3) is 0 Å². The van der Waals surface area contributed by atoms with Crippen molar-refractivity contribution in [1.82, 2.24) is 20.9 Å². The summed E-state index contributed by atoms with van der Waals surface area (Å²) in [7, 11) is 0. The lowest BCUT2D eigenvalue weighted by molar-refractivity contribution is -0.145. The van der Waals surface area contributed by atoms with Gasteiger partial charge in [-0.15, -0.1) is 0 Å². The topological polar surface area (TPSA) is 160 Å². The highest BCUT2D eigenvalue weighted by Crippen LogP contribution is 2.01. The van der Waals surface area contributed by atoms with Gasteiger partial charge in [-0.25, -0.2) is 9.59 Å². The van der Waals surface area contributed by atoms with Crippen molar-refractivity contribution in [2.24, 2.45) is 5.73 Å². The lowest BCUT2D eigenvalue weighted by atomic mass is 10.2. The average molecular weight is 377 g/mol. The number of urea groups is 1. The van der Waals surface area contributed by atoms with Crippen LogP contribution in [0.2, 0.25) is 0 Å². The van der Waals surface area contributed by atoms with Crippen LogP contribution in [-0.4, -0.2) is 60.4 Å². The number of primary amides is 1. The molecule has 1 heterocycles. The minimum Gasteiger partial charge on any atom is -0.445 e. The summed E-state index contributed by atoms with van der Waals surface area (Å²) >= 11 is 0. The van der Waals surface area contributed by atoms with E-state index in [9.17, 15) is 24.0 Å². The predicted octanol–water partition coefficient (Wildman–Crippen LogP) is -1.57. The first-order valence-electron chi connectivity index (χ1n) is 8.02. The molecule has 0 aliphatic carbocycles. The summed E-state index contributed by atoms with van der Waals surface area (Å²) < 4.78 is 4.98. The molecule has 1 aliphatic rings. The Kier molecular flexibility index (Phi) is 6.69. The lowest BCUT2D eigenvalue weighted by Gasteiger charge is -2.25. The Morgan fingerprint density at radius 2 is 1.93 bits per heavy atom. The maximum atomic E-state index is 12.0. The Morgan fingerprint density at radius 1 is 1.22 bits per heavy atom. The zero-order valence-corrected chi connectivity index (χ0v) is 14.3. The number of imide groups is 1. The van der Waals surface area contributed by atoms with Gasteiger partial charge in [0, 0.05) is 19.6 Å². The molecule has 11 nitrogen and oxygen atoms in total. The van der Waals surface area contributed by atoms with Crippen LogP contribution in [0.3, 0.4) is 0 Å². The van der Waals surface area contributed by atoms with E-state index < -0.39 is 35.9 Å². The van der Waals surface area contributed by atoms with E-state index >= 15 is 0 Å². The summed E-state index contributed by atoms with van der Waals surface area (Å²) in [6.45, 7) is -0.270. The minimum absolute atomic E-state index is 0.00973. The number of nitrogens with one attached hydrogen (secondary N) is 3. The van der Waals surface area contributed by atoms with Gasteiger partial charge in [-0.05, 0) is 5.56 Å². The maximum Gasteiger partial charge on any atom is 0.408 e. The molecule has 0 aromatic heterocycles. The second-order valence-electron chi connectivity index (χ2n) is 5.56. The van der Waals surface area contributed by atoms with Crippen molar-refractivity contribution in [3.8, 4) is 0 Å². The SMILES string of the molecule is NC(=O)C(CNC(=O)N1CCNC(=O)C1=O)NC(=O)OCc1ccccc1. The Hall–Kier alpha value is -3.63. The van der Waals surface area contributed by atoms with Gasteiger partial charge >= 0.3 is 23.9 Å². The third kappa shape index (κ3) is 5.70. The second-order valence-corrected chi connectivity index (χ2v) is 5.56. The van der Waals surface area contributed by atoms with Crippen LogP contribution in [0.5, 0.6) is 0 Å². The minimum atomic E-state index is -1.26. The molecule has 27 heavy (non-hydrogen) atoms. The first kappa shape index (κ1) is 19.7. The van der Waals surface area contributed by atoms with E-state index in [1.165, 1.54) is 0 Å². The molecule has 1 aromatic carbocycles. The first-order valence-corrected chi connectivity index (χ1v) is 8.02. The number of piperazine rings is 1. The fraction of sp³-hybridized carbons (Fsp3) is 0.312. The van der Waals surface area contributed by atoms with Crippen LogP contribution in [0.1, 0.15) is 5.56 Å². The van der Waals surface area contributed by atoms with Crippen LogP contribution in [0.4, 0.5) is 9.59 Å². The fourth-order valence-electron chi connectivity index (χ4n) is 2.19. The number of alkyl carbamates (subject to hydrolysis) is 1. The van der Waals surface area contributed by atoms with E-state index in [4.69, 9.17) is 10.5 Å². The van der Waals surface area contributed by atoms with Crippen molar-refractivity contribution >= 4 is 29.8 Å². The van der Waals surface area contributed by atoms with E-state index in [1.807, 2.05) is 6.07 Å². The molecule has 1 unspecified atom stereocenters. The third-order valence-corrected chi connectivity index (χ3v) is 3.61. The van der Waals surface area contributed by atoms with Crippen molar-refractivity contribution in [3.63, 3.8) is 0 Å². The number of benzene rings is 1. The van der Waals surface area contributed by atoms with Gasteiger partial charge in [0.2, 0.25) is 5.91 Å². The van der Waals surface area contributed by atoms with Crippen LogP contribution in [0.15, 0.2) is 30.3 Å². The van der Waals surface area contributed by atoms with Crippen molar-refractivity contribution in [1.29, 1.82) is 0 Å². The standard InChI is InChI=1S/C16H19N5O6/c17-12(22)11(20-16(26)27-9-10-4-2-1-3-5-10)8-19-15(25)21-7-6-18-13(23)14(21)24/h1-5,11H,6-9H2,(H2,17,22)(H,18,23)(H,19,25)(H,20,26). The van der Waals surface area contributed by atoms with Crippen LogP contribution in [-0.2, 0) is 25.7 Å². The Labute approximate surface area is 154 Å². The van der Waals surface area contributed by atoms with E-state index in [2.05, 4.69) is 16.0 Å². The molecule has 1 aliphatic heterocycles. The number of carbonyl (C=O) groups is 5. The molecule has 6 amide bonds. The van der Waals surface area contributed by atoms with E-state index in [1.54, 1.807) is 24.3 Å². The Balaban J connectivity index is 1.83. The van der Waals surface area contributed by atoms with Gasteiger partial charge in [-0.2, -0.15) is 0 Å². The second kappa shape index (κ2) is 9.17. The summed E-state index contributed by atoms with van der Waals surface area (Å²) in [5.41, 5.74) is 5.95. The predicted molar refractivity (Wildman–Crippen MR) is 90.9 cm³/mol. The lowest BCUT2D eigenvalue weighted by Crippen LogP contribution is -2.59.